The lowest BCUT2D eigenvalue weighted by atomic mass is 10.1. The lowest BCUT2D eigenvalue weighted by Gasteiger charge is -2.09. The van der Waals surface area contributed by atoms with Gasteiger partial charge < -0.3 is 4.42 Å². The van der Waals surface area contributed by atoms with E-state index in [1.165, 1.54) is 28.8 Å². The van der Waals surface area contributed by atoms with Crippen molar-refractivity contribution in [3.8, 4) is 11.3 Å². The number of rotatable bonds is 3. The number of amides is 1. The molecule has 1 aliphatic heterocycles. The van der Waals surface area contributed by atoms with Crippen molar-refractivity contribution in [2.24, 2.45) is 0 Å². The van der Waals surface area contributed by atoms with Crippen LogP contribution in [0.4, 0.5) is 13.2 Å². The van der Waals surface area contributed by atoms with Gasteiger partial charge in [0.1, 0.15) is 15.8 Å². The minimum Gasteiger partial charge on any atom is -0.457 e. The van der Waals surface area contributed by atoms with Gasteiger partial charge in [0.25, 0.3) is 5.91 Å². The van der Waals surface area contributed by atoms with Crippen LogP contribution in [0.2, 0.25) is 0 Å². The molecule has 0 spiro atoms. The standard InChI is InChI=1S/C17H12F3NO2S2/c1-2-21-15(22)14(25-16(21)24)9-12-6-7-13(23-12)10-4-3-5-11(8-10)17(18,19)20/h3-9H,2H2,1H3. The number of hydrogen-bond acceptors (Lipinski definition) is 4. The molecule has 1 aromatic carbocycles. The molecule has 0 unspecified atom stereocenters. The van der Waals surface area contributed by atoms with Crippen LogP contribution in [0.15, 0.2) is 45.7 Å². The maximum absolute atomic E-state index is 12.8. The van der Waals surface area contributed by atoms with Gasteiger partial charge >= 0.3 is 6.18 Å². The van der Waals surface area contributed by atoms with E-state index < -0.39 is 11.7 Å². The fourth-order valence-electron chi connectivity index (χ4n) is 2.34. The molecule has 25 heavy (non-hydrogen) atoms. The molecule has 1 saturated heterocycles. The average molecular weight is 383 g/mol. The van der Waals surface area contributed by atoms with Gasteiger partial charge in [0.2, 0.25) is 0 Å². The third-order valence-electron chi connectivity index (χ3n) is 3.56. The molecule has 0 aliphatic carbocycles. The fourth-order valence-corrected chi connectivity index (χ4v) is 3.70. The second-order valence-electron chi connectivity index (χ2n) is 5.21. The highest BCUT2D eigenvalue weighted by Gasteiger charge is 2.31. The van der Waals surface area contributed by atoms with E-state index in [0.29, 0.717) is 32.9 Å². The summed E-state index contributed by atoms with van der Waals surface area (Å²) in [7, 11) is 0. The number of likely N-dealkylation sites (N-methyl/N-ethyl adjacent to an activating group) is 1. The molecule has 3 rings (SSSR count). The number of furan rings is 1. The van der Waals surface area contributed by atoms with Crippen LogP contribution in [0.25, 0.3) is 17.4 Å². The van der Waals surface area contributed by atoms with Crippen LogP contribution < -0.4 is 0 Å². The van der Waals surface area contributed by atoms with Crippen LogP contribution >= 0.6 is 24.0 Å². The number of alkyl halides is 3. The zero-order chi connectivity index (χ0) is 18.2. The third-order valence-corrected chi connectivity index (χ3v) is 4.94. The summed E-state index contributed by atoms with van der Waals surface area (Å²) in [5, 5.41) is 0. The summed E-state index contributed by atoms with van der Waals surface area (Å²) in [6.45, 7) is 2.31. The van der Waals surface area contributed by atoms with E-state index in [1.54, 1.807) is 18.2 Å². The molecule has 1 aliphatic rings. The Kier molecular flexibility index (Phi) is 4.75. The largest absolute Gasteiger partial charge is 0.457 e. The summed E-state index contributed by atoms with van der Waals surface area (Å²) in [4.78, 5) is 14.1. The topological polar surface area (TPSA) is 33.5 Å². The number of thioether (sulfide) groups is 1. The molecule has 1 fully saturated rings. The molecule has 0 N–H and O–H groups in total. The van der Waals surface area contributed by atoms with E-state index in [9.17, 15) is 18.0 Å². The molecule has 0 radical (unpaired) electrons. The van der Waals surface area contributed by atoms with Crippen molar-refractivity contribution in [1.82, 2.24) is 4.90 Å². The molecule has 0 atom stereocenters. The van der Waals surface area contributed by atoms with Gasteiger partial charge in [0.15, 0.2) is 0 Å². The summed E-state index contributed by atoms with van der Waals surface area (Å²) in [6, 6.07) is 8.07. The summed E-state index contributed by atoms with van der Waals surface area (Å²) in [5.74, 6) is 0.474. The van der Waals surface area contributed by atoms with Gasteiger partial charge in [-0.3, -0.25) is 9.69 Å². The summed E-state index contributed by atoms with van der Waals surface area (Å²) in [5.41, 5.74) is -0.428. The predicted octanol–water partition coefficient (Wildman–Crippen LogP) is 5.19. The maximum Gasteiger partial charge on any atom is 0.416 e. The normalized spacial score (nSPS) is 17.0. The van der Waals surface area contributed by atoms with Crippen LogP contribution in [0.3, 0.4) is 0 Å². The molecule has 8 heteroatoms. The fraction of sp³-hybridized carbons (Fsp3) is 0.176. The van der Waals surface area contributed by atoms with E-state index >= 15 is 0 Å². The highest BCUT2D eigenvalue weighted by atomic mass is 32.2. The van der Waals surface area contributed by atoms with Gasteiger partial charge in [-0.25, -0.2) is 0 Å². The Morgan fingerprint density at radius 2 is 2.04 bits per heavy atom. The van der Waals surface area contributed by atoms with Gasteiger partial charge in [0.05, 0.1) is 10.5 Å². The van der Waals surface area contributed by atoms with Gasteiger partial charge in [-0.1, -0.05) is 36.1 Å². The molecule has 1 amide bonds. The van der Waals surface area contributed by atoms with Crippen molar-refractivity contribution in [2.75, 3.05) is 6.54 Å². The number of carbonyl (C=O) groups is 1. The number of benzene rings is 1. The van der Waals surface area contributed by atoms with Crippen molar-refractivity contribution in [1.29, 1.82) is 0 Å². The smallest absolute Gasteiger partial charge is 0.416 e. The van der Waals surface area contributed by atoms with Crippen molar-refractivity contribution >= 4 is 40.3 Å². The molecule has 2 aromatic rings. The van der Waals surface area contributed by atoms with E-state index in [0.717, 1.165) is 12.1 Å². The number of nitrogens with zero attached hydrogens (tertiary/aromatic N) is 1. The van der Waals surface area contributed by atoms with Gasteiger partial charge in [-0.05, 0) is 31.2 Å². The maximum atomic E-state index is 12.8. The van der Waals surface area contributed by atoms with E-state index in [2.05, 4.69) is 0 Å². The van der Waals surface area contributed by atoms with Crippen LogP contribution in [0.1, 0.15) is 18.2 Å². The van der Waals surface area contributed by atoms with Gasteiger partial charge in [-0.2, -0.15) is 13.2 Å². The quantitative estimate of drug-likeness (QED) is 0.540. The molecule has 3 nitrogen and oxygen atoms in total. The summed E-state index contributed by atoms with van der Waals surface area (Å²) >= 11 is 6.30. The predicted molar refractivity (Wildman–Crippen MR) is 94.7 cm³/mol. The first-order chi connectivity index (χ1) is 11.8. The number of thiocarbonyl (C=S) groups is 1. The molecular formula is C17H12F3NO2S2. The van der Waals surface area contributed by atoms with Crippen LogP contribution in [0, 0.1) is 0 Å². The molecular weight excluding hydrogens is 371 g/mol. The monoisotopic (exact) mass is 383 g/mol. The number of hydrogen-bond donors (Lipinski definition) is 0. The average Bonchev–Trinajstić information content (AvgIpc) is 3.12. The van der Waals surface area contributed by atoms with Crippen LogP contribution in [-0.4, -0.2) is 21.7 Å². The molecule has 0 saturated carbocycles. The molecule has 0 bridgehead atoms. The van der Waals surface area contributed by atoms with E-state index in [1.807, 2.05) is 6.92 Å². The highest BCUT2D eigenvalue weighted by molar-refractivity contribution is 8.26. The Morgan fingerprint density at radius 3 is 2.68 bits per heavy atom. The van der Waals surface area contributed by atoms with Crippen molar-refractivity contribution in [3.63, 3.8) is 0 Å². The Balaban J connectivity index is 1.88. The van der Waals surface area contributed by atoms with E-state index in [4.69, 9.17) is 16.6 Å². The minimum atomic E-state index is -4.42. The molecule has 2 heterocycles. The second kappa shape index (κ2) is 6.68. The zero-order valence-electron chi connectivity index (χ0n) is 13.0. The Labute approximate surface area is 151 Å². The summed E-state index contributed by atoms with van der Waals surface area (Å²) in [6.07, 6.45) is -2.87. The Morgan fingerprint density at radius 1 is 1.28 bits per heavy atom. The molecule has 130 valence electrons. The van der Waals surface area contributed by atoms with Crippen molar-refractivity contribution < 1.29 is 22.4 Å². The van der Waals surface area contributed by atoms with Crippen molar-refractivity contribution in [3.05, 3.63) is 52.6 Å². The third kappa shape index (κ3) is 3.64. The van der Waals surface area contributed by atoms with E-state index in [-0.39, 0.29) is 5.91 Å². The second-order valence-corrected chi connectivity index (χ2v) is 6.88. The number of halogens is 3. The first kappa shape index (κ1) is 17.8. The minimum absolute atomic E-state index is 0.200. The van der Waals surface area contributed by atoms with Crippen LogP contribution in [-0.2, 0) is 11.0 Å². The lowest BCUT2D eigenvalue weighted by Crippen LogP contribution is -2.27. The first-order valence-corrected chi connectivity index (χ1v) is 8.55. The molecule has 1 aromatic heterocycles. The SMILES string of the molecule is CCN1C(=O)C(=Cc2ccc(-c3cccc(C(F)(F)F)c3)o2)SC1=S. The highest BCUT2D eigenvalue weighted by Crippen LogP contribution is 2.35. The number of carbonyl (C=O) groups excluding carboxylic acids is 1. The van der Waals surface area contributed by atoms with Crippen molar-refractivity contribution in [2.45, 2.75) is 13.1 Å². The van der Waals surface area contributed by atoms with Gasteiger partial charge in [0, 0.05) is 18.2 Å². The first-order valence-electron chi connectivity index (χ1n) is 7.32. The lowest BCUT2D eigenvalue weighted by molar-refractivity contribution is -0.137. The van der Waals surface area contributed by atoms with Gasteiger partial charge in [-0.15, -0.1) is 0 Å². The Hall–Kier alpha value is -2.06. The zero-order valence-corrected chi connectivity index (χ0v) is 14.6. The van der Waals surface area contributed by atoms with Crippen LogP contribution in [0.5, 0.6) is 0 Å². The Bertz CT molecular complexity index is 871. The summed E-state index contributed by atoms with van der Waals surface area (Å²) < 4.78 is 44.5.